The summed E-state index contributed by atoms with van der Waals surface area (Å²) in [6, 6.07) is 11.7. The number of nitrogens with zero attached hydrogens (tertiary/aromatic N) is 1. The lowest BCUT2D eigenvalue weighted by Gasteiger charge is -2.35. The summed E-state index contributed by atoms with van der Waals surface area (Å²) in [5.74, 6) is -1.04. The highest BCUT2D eigenvalue weighted by atomic mass is 16.6. The number of aryl methyl sites for hydroxylation is 1. The van der Waals surface area contributed by atoms with E-state index in [-0.39, 0.29) is 12.0 Å². The molecule has 4 atom stereocenters. The normalized spacial score (nSPS) is 17.6. The van der Waals surface area contributed by atoms with E-state index in [4.69, 9.17) is 15.2 Å². The van der Waals surface area contributed by atoms with Crippen LogP contribution in [-0.2, 0) is 25.5 Å². The molecule has 40 heavy (non-hydrogen) atoms. The van der Waals surface area contributed by atoms with Gasteiger partial charge in [-0.2, -0.15) is 0 Å². The molecule has 0 aliphatic heterocycles. The van der Waals surface area contributed by atoms with Crippen molar-refractivity contribution in [2.45, 2.75) is 77.6 Å². The molecule has 0 radical (unpaired) electrons. The van der Waals surface area contributed by atoms with Crippen molar-refractivity contribution < 1.29 is 28.7 Å². The lowest BCUT2D eigenvalue weighted by Crippen LogP contribution is -2.54. The minimum Gasteiger partial charge on any atom is -0.497 e. The molecule has 2 aromatic rings. The van der Waals surface area contributed by atoms with Crippen molar-refractivity contribution in [3.63, 3.8) is 0 Å². The zero-order valence-corrected chi connectivity index (χ0v) is 24.0. The van der Waals surface area contributed by atoms with Gasteiger partial charge in [-0.3, -0.25) is 14.4 Å². The van der Waals surface area contributed by atoms with Crippen molar-refractivity contribution in [1.29, 1.82) is 0 Å². The predicted octanol–water partition coefficient (Wildman–Crippen LogP) is 3.94. The number of rotatable bonds is 11. The lowest BCUT2D eigenvalue weighted by molar-refractivity contribution is -0.142. The largest absolute Gasteiger partial charge is 0.497 e. The number of benzene rings is 2. The molecule has 1 saturated carbocycles. The van der Waals surface area contributed by atoms with Crippen molar-refractivity contribution in [1.82, 2.24) is 10.2 Å². The van der Waals surface area contributed by atoms with Crippen LogP contribution in [-0.4, -0.2) is 53.5 Å². The smallest absolute Gasteiger partial charge is 0.408 e. The number of nitrogens with one attached hydrogen (secondary N) is 2. The van der Waals surface area contributed by atoms with E-state index in [0.29, 0.717) is 23.4 Å². The van der Waals surface area contributed by atoms with Gasteiger partial charge >= 0.3 is 6.09 Å². The fraction of sp³-hybridized carbons (Fsp3) is 0.467. The molecule has 0 saturated heterocycles. The first-order chi connectivity index (χ1) is 18.8. The summed E-state index contributed by atoms with van der Waals surface area (Å²) in [5, 5.41) is 5.42. The number of methoxy groups -OCH3 is 1. The molecule has 1 fully saturated rings. The molecule has 4 unspecified atom stereocenters. The van der Waals surface area contributed by atoms with E-state index in [1.54, 1.807) is 52.1 Å². The van der Waals surface area contributed by atoms with Crippen LogP contribution in [0.25, 0.3) is 0 Å². The molecular formula is C30H40N4O6. The van der Waals surface area contributed by atoms with E-state index in [9.17, 15) is 19.2 Å². The fourth-order valence-electron chi connectivity index (χ4n) is 4.46. The molecule has 10 nitrogen and oxygen atoms in total. The quantitative estimate of drug-likeness (QED) is 0.386. The van der Waals surface area contributed by atoms with Gasteiger partial charge in [-0.15, -0.1) is 0 Å². The van der Waals surface area contributed by atoms with Crippen LogP contribution in [0.4, 0.5) is 10.5 Å². The maximum atomic E-state index is 14.1. The van der Waals surface area contributed by atoms with Crippen molar-refractivity contribution in [2.24, 2.45) is 11.7 Å². The highest BCUT2D eigenvalue weighted by molar-refractivity contribution is 6.00. The Morgan fingerprint density at radius 1 is 1.05 bits per heavy atom. The summed E-state index contributed by atoms with van der Waals surface area (Å²) >= 11 is 0. The van der Waals surface area contributed by atoms with Gasteiger partial charge in [-0.05, 0) is 74.9 Å². The number of nitrogens with two attached hydrogens (primary N) is 1. The Morgan fingerprint density at radius 3 is 2.12 bits per heavy atom. The molecule has 4 N–H and O–H groups in total. The van der Waals surface area contributed by atoms with Gasteiger partial charge in [0.2, 0.25) is 11.8 Å². The summed E-state index contributed by atoms with van der Waals surface area (Å²) in [4.78, 5) is 54.1. The Kier molecular flexibility index (Phi) is 9.78. The van der Waals surface area contributed by atoms with Crippen LogP contribution in [0, 0.1) is 5.92 Å². The molecule has 10 heteroatoms. The second-order valence-electron chi connectivity index (χ2n) is 11.1. The summed E-state index contributed by atoms with van der Waals surface area (Å²) in [6.45, 7) is 9.08. The first-order valence-electron chi connectivity index (χ1n) is 13.5. The summed E-state index contributed by atoms with van der Waals surface area (Å²) in [6.07, 6.45) is 0.173. The average molecular weight is 553 g/mol. The zero-order valence-electron chi connectivity index (χ0n) is 24.0. The van der Waals surface area contributed by atoms with Crippen molar-refractivity contribution >= 4 is 29.5 Å². The number of carbonyl (C=O) groups is 4. The predicted molar refractivity (Wildman–Crippen MR) is 152 cm³/mol. The number of hydrogen-bond acceptors (Lipinski definition) is 6. The van der Waals surface area contributed by atoms with Gasteiger partial charge < -0.3 is 30.7 Å². The standard InChI is InChI=1S/C30H40N4O6/c1-7-19-8-10-20(11-9-19)26(27(36)32-21-12-14-22(39-6)15-13-21)34(24-16-18(24)2)28(37)23(17-25(31)35)33-29(38)40-30(3,4)5/h8-15,18,23-24,26H,7,16-17H2,1-6H3,(H2,31,35)(H,32,36)(H,33,38). The maximum Gasteiger partial charge on any atom is 0.408 e. The van der Waals surface area contributed by atoms with E-state index in [2.05, 4.69) is 10.6 Å². The highest BCUT2D eigenvalue weighted by Gasteiger charge is 2.48. The number of primary amides is 1. The topological polar surface area (TPSA) is 140 Å². The van der Waals surface area contributed by atoms with Crippen LogP contribution in [0.1, 0.15) is 64.6 Å². The molecule has 4 amide bonds. The molecule has 216 valence electrons. The first-order valence-corrected chi connectivity index (χ1v) is 13.5. The molecule has 0 bridgehead atoms. The van der Waals surface area contributed by atoms with Gasteiger partial charge in [0.05, 0.1) is 13.5 Å². The van der Waals surface area contributed by atoms with E-state index >= 15 is 0 Å². The number of anilines is 1. The van der Waals surface area contributed by atoms with Crippen LogP contribution >= 0.6 is 0 Å². The molecule has 1 aliphatic carbocycles. The summed E-state index contributed by atoms with van der Waals surface area (Å²) < 4.78 is 10.5. The van der Waals surface area contributed by atoms with Gasteiger partial charge in [0.15, 0.2) is 0 Å². The summed E-state index contributed by atoms with van der Waals surface area (Å²) in [5.41, 5.74) is 6.85. The van der Waals surface area contributed by atoms with Gasteiger partial charge in [0.25, 0.3) is 5.91 Å². The Hall–Kier alpha value is -4.08. The van der Waals surface area contributed by atoms with Crippen molar-refractivity contribution in [3.8, 4) is 5.75 Å². The molecule has 0 aromatic heterocycles. The van der Waals surface area contributed by atoms with E-state index in [1.807, 2.05) is 38.1 Å². The van der Waals surface area contributed by atoms with Crippen molar-refractivity contribution in [3.05, 3.63) is 59.7 Å². The van der Waals surface area contributed by atoms with E-state index in [1.165, 1.54) is 4.90 Å². The van der Waals surface area contributed by atoms with Crippen LogP contribution in [0.3, 0.4) is 0 Å². The van der Waals surface area contributed by atoms with Crippen LogP contribution in [0.15, 0.2) is 48.5 Å². The summed E-state index contributed by atoms with van der Waals surface area (Å²) in [7, 11) is 1.55. The maximum absolute atomic E-state index is 14.1. The number of alkyl carbamates (subject to hydrolysis) is 1. The molecule has 2 aromatic carbocycles. The molecule has 3 rings (SSSR count). The van der Waals surface area contributed by atoms with Gasteiger partial charge in [-0.1, -0.05) is 38.1 Å². The molecule has 0 spiro atoms. The Bertz CT molecular complexity index is 1210. The van der Waals surface area contributed by atoms with Crippen LogP contribution in [0.2, 0.25) is 0 Å². The highest BCUT2D eigenvalue weighted by Crippen LogP contribution is 2.41. The number of carbonyl (C=O) groups excluding carboxylic acids is 4. The third kappa shape index (κ3) is 8.21. The number of hydrogen-bond donors (Lipinski definition) is 3. The fourth-order valence-corrected chi connectivity index (χ4v) is 4.46. The van der Waals surface area contributed by atoms with Gasteiger partial charge in [-0.25, -0.2) is 4.79 Å². The third-order valence-corrected chi connectivity index (χ3v) is 6.66. The van der Waals surface area contributed by atoms with E-state index in [0.717, 1.165) is 12.0 Å². The van der Waals surface area contributed by atoms with Crippen LogP contribution < -0.4 is 21.1 Å². The Labute approximate surface area is 235 Å². The van der Waals surface area contributed by atoms with Gasteiger partial charge in [0, 0.05) is 11.7 Å². The third-order valence-electron chi connectivity index (χ3n) is 6.66. The van der Waals surface area contributed by atoms with Crippen molar-refractivity contribution in [2.75, 3.05) is 12.4 Å². The second-order valence-corrected chi connectivity index (χ2v) is 11.1. The number of ether oxygens (including phenoxy) is 2. The van der Waals surface area contributed by atoms with Crippen LogP contribution in [0.5, 0.6) is 5.75 Å². The van der Waals surface area contributed by atoms with E-state index < -0.39 is 47.9 Å². The first kappa shape index (κ1) is 30.5. The SMILES string of the molecule is CCc1ccc(C(C(=O)Nc2ccc(OC)cc2)N(C(=O)C(CC(N)=O)NC(=O)OC(C)(C)C)C2CC2C)cc1. The zero-order chi connectivity index (χ0) is 29.6. The lowest BCUT2D eigenvalue weighted by atomic mass is 9.99. The molecular weight excluding hydrogens is 512 g/mol. The second kappa shape index (κ2) is 12.8. The molecule has 1 aliphatic rings. The Balaban J connectivity index is 2.02. The minimum absolute atomic E-state index is 0.117. The van der Waals surface area contributed by atoms with Gasteiger partial charge in [0.1, 0.15) is 23.4 Å². The average Bonchev–Trinajstić information content (AvgIpc) is 3.61. The Morgan fingerprint density at radius 2 is 1.65 bits per heavy atom. The minimum atomic E-state index is -1.31. The monoisotopic (exact) mass is 552 g/mol. The molecule has 0 heterocycles. The number of amides is 4.